The molecule has 0 spiro atoms. The molecule has 0 atom stereocenters. The number of rotatable bonds is 3. The number of sulfone groups is 1. The van der Waals surface area contributed by atoms with Gasteiger partial charge in [-0.05, 0) is 72.5 Å². The first-order valence-electron chi connectivity index (χ1n) is 11.0. The lowest BCUT2D eigenvalue weighted by atomic mass is 9.73. The van der Waals surface area contributed by atoms with E-state index >= 15 is 0 Å². The highest BCUT2D eigenvalue weighted by molar-refractivity contribution is 7.91. The van der Waals surface area contributed by atoms with Gasteiger partial charge in [0.05, 0.1) is 26.9 Å². The Hall–Kier alpha value is -3.44. The quantitative estimate of drug-likeness (QED) is 0.348. The smallest absolute Gasteiger partial charge is 0.206 e. The van der Waals surface area contributed by atoms with Gasteiger partial charge < -0.3 is 4.90 Å². The molecule has 5 rings (SSSR count). The summed E-state index contributed by atoms with van der Waals surface area (Å²) in [5.41, 5.74) is 7.43. The Morgan fingerprint density at radius 3 is 1.73 bits per heavy atom. The number of pyridine rings is 1. The molecule has 1 aliphatic heterocycles. The first-order valence-corrected chi connectivity index (χ1v) is 12.5. The summed E-state index contributed by atoms with van der Waals surface area (Å²) in [6.07, 6.45) is 3.01. The van der Waals surface area contributed by atoms with Gasteiger partial charge in [-0.3, -0.25) is 4.98 Å². The molecule has 0 radical (unpaired) electrons. The van der Waals surface area contributed by atoms with E-state index in [1.807, 2.05) is 13.8 Å². The van der Waals surface area contributed by atoms with Crippen molar-refractivity contribution in [3.8, 4) is 0 Å². The Morgan fingerprint density at radius 2 is 1.21 bits per heavy atom. The van der Waals surface area contributed by atoms with Gasteiger partial charge >= 0.3 is 0 Å². The zero-order valence-electron chi connectivity index (χ0n) is 19.2. The number of nitrogens with zero attached hydrogens (tertiary/aromatic N) is 2. The Kier molecular flexibility index (Phi) is 4.91. The lowest BCUT2D eigenvalue weighted by Gasteiger charge is -2.43. The van der Waals surface area contributed by atoms with Crippen molar-refractivity contribution in [1.29, 1.82) is 0 Å². The third kappa shape index (κ3) is 3.26. The van der Waals surface area contributed by atoms with Crippen LogP contribution in [0.3, 0.4) is 0 Å². The molecule has 1 aromatic heterocycles. The number of fused-ring (bicyclic) bond motifs is 2. The van der Waals surface area contributed by atoms with Gasteiger partial charge in [-0.1, -0.05) is 50.2 Å². The summed E-state index contributed by atoms with van der Waals surface area (Å²) >= 11 is 0. The van der Waals surface area contributed by atoms with Crippen molar-refractivity contribution in [2.24, 2.45) is 0 Å². The molecule has 4 aromatic rings. The highest BCUT2D eigenvalue weighted by Crippen LogP contribution is 2.52. The van der Waals surface area contributed by atoms with Crippen molar-refractivity contribution in [2.75, 3.05) is 4.90 Å². The van der Waals surface area contributed by atoms with Crippen molar-refractivity contribution in [3.05, 3.63) is 107 Å². The molecule has 0 N–H and O–H groups in total. The number of anilines is 3. The van der Waals surface area contributed by atoms with Gasteiger partial charge in [0.2, 0.25) is 9.84 Å². The third-order valence-corrected chi connectivity index (χ3v) is 8.34. The van der Waals surface area contributed by atoms with Gasteiger partial charge in [0.25, 0.3) is 0 Å². The second-order valence-corrected chi connectivity index (χ2v) is 11.0. The number of aryl methyl sites for hydroxylation is 2. The van der Waals surface area contributed by atoms with Crippen molar-refractivity contribution in [3.63, 3.8) is 0 Å². The Balaban J connectivity index is 1.73. The van der Waals surface area contributed by atoms with E-state index in [9.17, 15) is 8.42 Å². The van der Waals surface area contributed by atoms with Crippen LogP contribution in [0, 0.1) is 13.8 Å². The predicted octanol–water partition coefficient (Wildman–Crippen LogP) is 6.64. The van der Waals surface area contributed by atoms with E-state index in [0.717, 1.165) is 28.2 Å². The maximum Gasteiger partial charge on any atom is 0.206 e. The molecule has 0 fully saturated rings. The van der Waals surface area contributed by atoms with Crippen LogP contribution < -0.4 is 4.90 Å². The fourth-order valence-corrected chi connectivity index (χ4v) is 6.40. The zero-order chi connectivity index (χ0) is 23.4. The molecule has 1 aliphatic rings. The summed E-state index contributed by atoms with van der Waals surface area (Å²) in [4.78, 5) is 6.77. The Labute approximate surface area is 195 Å². The van der Waals surface area contributed by atoms with Crippen LogP contribution in [0.5, 0.6) is 0 Å². The molecule has 166 valence electrons. The van der Waals surface area contributed by atoms with Gasteiger partial charge in [0.15, 0.2) is 0 Å². The SMILES string of the molecule is Cc1cc(S(=O)(=O)c2ccncc2)cc(C)c1N1c2ccccc2C(C)(C)c2ccccc21. The molecular weight excluding hydrogens is 428 g/mol. The second-order valence-electron chi connectivity index (χ2n) is 9.09. The van der Waals surface area contributed by atoms with Crippen LogP contribution in [0.15, 0.2) is 95.0 Å². The average molecular weight is 455 g/mol. The van der Waals surface area contributed by atoms with Crippen LogP contribution in [-0.2, 0) is 15.3 Å². The van der Waals surface area contributed by atoms with E-state index in [-0.39, 0.29) is 10.3 Å². The lowest BCUT2D eigenvalue weighted by Crippen LogP contribution is -2.31. The molecule has 33 heavy (non-hydrogen) atoms. The largest absolute Gasteiger partial charge is 0.309 e. The van der Waals surface area contributed by atoms with Crippen molar-refractivity contribution in [2.45, 2.75) is 42.9 Å². The topological polar surface area (TPSA) is 50.3 Å². The number of para-hydroxylation sites is 2. The first kappa shape index (κ1) is 21.4. The van der Waals surface area contributed by atoms with Crippen LogP contribution >= 0.6 is 0 Å². The molecule has 0 amide bonds. The van der Waals surface area contributed by atoms with Gasteiger partial charge in [-0.2, -0.15) is 0 Å². The first-order chi connectivity index (χ1) is 15.7. The molecule has 0 aliphatic carbocycles. The highest BCUT2D eigenvalue weighted by atomic mass is 32.2. The molecule has 0 saturated carbocycles. The van der Waals surface area contributed by atoms with E-state index in [2.05, 4.69) is 72.3 Å². The number of aromatic nitrogens is 1. The third-order valence-electron chi connectivity index (χ3n) is 6.60. The summed E-state index contributed by atoms with van der Waals surface area (Å²) in [6, 6.07) is 23.6. The molecule has 0 bridgehead atoms. The molecule has 2 heterocycles. The Morgan fingerprint density at radius 1 is 0.727 bits per heavy atom. The maximum atomic E-state index is 13.3. The van der Waals surface area contributed by atoms with E-state index < -0.39 is 9.84 Å². The monoisotopic (exact) mass is 454 g/mol. The number of hydrogen-bond acceptors (Lipinski definition) is 4. The fourth-order valence-electron chi connectivity index (χ4n) is 4.99. The average Bonchev–Trinajstić information content (AvgIpc) is 2.81. The summed E-state index contributed by atoms with van der Waals surface area (Å²) < 4.78 is 26.5. The maximum absolute atomic E-state index is 13.3. The summed E-state index contributed by atoms with van der Waals surface area (Å²) in [5.74, 6) is 0. The summed E-state index contributed by atoms with van der Waals surface area (Å²) in [5, 5.41) is 0. The van der Waals surface area contributed by atoms with Gasteiger partial charge in [0, 0.05) is 17.8 Å². The van der Waals surface area contributed by atoms with Crippen LogP contribution in [0.2, 0.25) is 0 Å². The standard InChI is InChI=1S/C28H26N2O2S/c1-19-17-22(33(31,32)21-13-15-29-16-14-21)18-20(2)27(19)30-25-11-7-5-9-23(25)28(3,4)24-10-6-8-12-26(24)30/h5-18H,1-4H3. The van der Waals surface area contributed by atoms with Crippen molar-refractivity contribution in [1.82, 2.24) is 4.98 Å². The zero-order valence-corrected chi connectivity index (χ0v) is 20.0. The molecule has 0 unspecified atom stereocenters. The predicted molar refractivity (Wildman–Crippen MR) is 132 cm³/mol. The minimum absolute atomic E-state index is 0.143. The molecular formula is C28H26N2O2S. The molecule has 4 nitrogen and oxygen atoms in total. The summed E-state index contributed by atoms with van der Waals surface area (Å²) in [6.45, 7) is 8.48. The van der Waals surface area contributed by atoms with E-state index in [4.69, 9.17) is 0 Å². The Bertz CT molecular complexity index is 1400. The van der Waals surface area contributed by atoms with Gasteiger partial charge in [0.1, 0.15) is 0 Å². The molecule has 0 saturated heterocycles. The lowest BCUT2D eigenvalue weighted by molar-refractivity contribution is 0.595. The van der Waals surface area contributed by atoms with Crippen LogP contribution in [-0.4, -0.2) is 13.4 Å². The van der Waals surface area contributed by atoms with E-state index in [0.29, 0.717) is 4.90 Å². The minimum Gasteiger partial charge on any atom is -0.309 e. The van der Waals surface area contributed by atoms with E-state index in [1.165, 1.54) is 35.7 Å². The van der Waals surface area contributed by atoms with Crippen molar-refractivity contribution < 1.29 is 8.42 Å². The molecule has 5 heteroatoms. The number of benzene rings is 3. The molecule has 3 aromatic carbocycles. The second kappa shape index (κ2) is 7.56. The normalized spacial score (nSPS) is 14.5. The minimum atomic E-state index is -3.63. The van der Waals surface area contributed by atoms with E-state index in [1.54, 1.807) is 12.1 Å². The van der Waals surface area contributed by atoms with Crippen molar-refractivity contribution >= 4 is 26.9 Å². The van der Waals surface area contributed by atoms with Gasteiger partial charge in [-0.25, -0.2) is 8.42 Å². The van der Waals surface area contributed by atoms with Crippen LogP contribution in [0.4, 0.5) is 17.1 Å². The number of hydrogen-bond donors (Lipinski definition) is 0. The highest BCUT2D eigenvalue weighted by Gasteiger charge is 2.37. The van der Waals surface area contributed by atoms with Crippen LogP contribution in [0.1, 0.15) is 36.1 Å². The van der Waals surface area contributed by atoms with Crippen LogP contribution in [0.25, 0.3) is 0 Å². The summed E-state index contributed by atoms with van der Waals surface area (Å²) in [7, 11) is -3.63. The fraction of sp³-hybridized carbons (Fsp3) is 0.179. The van der Waals surface area contributed by atoms with Gasteiger partial charge in [-0.15, -0.1) is 0 Å².